The Hall–Kier alpha value is -2.59. The molecular weight excluding hydrogens is 276 g/mol. The number of aromatic nitrogens is 1. The molecule has 4 nitrogen and oxygen atoms in total. The highest BCUT2D eigenvalue weighted by Gasteiger charge is 2.12. The fourth-order valence-electron chi connectivity index (χ4n) is 2.61. The highest BCUT2D eigenvalue weighted by molar-refractivity contribution is 5.83. The summed E-state index contributed by atoms with van der Waals surface area (Å²) in [7, 11) is 0. The minimum Gasteiger partial charge on any atom is -0.508 e. The Morgan fingerprint density at radius 3 is 2.68 bits per heavy atom. The molecule has 1 heterocycles. The molecule has 0 amide bonds. The van der Waals surface area contributed by atoms with Gasteiger partial charge in [-0.15, -0.1) is 0 Å². The number of H-pyrrole nitrogens is 1. The number of rotatable bonds is 6. The monoisotopic (exact) mass is 294 g/mol. The van der Waals surface area contributed by atoms with E-state index in [2.05, 4.69) is 10.3 Å². The van der Waals surface area contributed by atoms with Gasteiger partial charge in [0.05, 0.1) is 6.04 Å². The molecule has 0 fully saturated rings. The Morgan fingerprint density at radius 2 is 1.86 bits per heavy atom. The van der Waals surface area contributed by atoms with Gasteiger partial charge in [-0.2, -0.15) is 0 Å². The van der Waals surface area contributed by atoms with E-state index in [4.69, 9.17) is 0 Å². The molecular formula is C18H18N2O2. The van der Waals surface area contributed by atoms with Crippen molar-refractivity contribution in [3.05, 3.63) is 65.9 Å². The Kier molecular flexibility index (Phi) is 4.21. The molecule has 112 valence electrons. The van der Waals surface area contributed by atoms with Crippen LogP contribution in [0.1, 0.15) is 11.1 Å². The number of phenolic OH excluding ortho intramolecular Hbond substituents is 1. The summed E-state index contributed by atoms with van der Waals surface area (Å²) < 4.78 is 0. The van der Waals surface area contributed by atoms with Gasteiger partial charge in [0.25, 0.3) is 0 Å². The summed E-state index contributed by atoms with van der Waals surface area (Å²) in [4.78, 5) is 14.6. The maximum absolute atomic E-state index is 11.3. The van der Waals surface area contributed by atoms with Gasteiger partial charge < -0.3 is 20.2 Å². The first kappa shape index (κ1) is 14.4. The molecule has 0 aliphatic carbocycles. The van der Waals surface area contributed by atoms with Crippen molar-refractivity contribution >= 4 is 17.2 Å². The number of hydrogen-bond acceptors (Lipinski definition) is 3. The Morgan fingerprint density at radius 1 is 1.09 bits per heavy atom. The Balaban J connectivity index is 1.70. The van der Waals surface area contributed by atoms with Gasteiger partial charge in [-0.1, -0.05) is 36.4 Å². The number of hydrogen-bond donors (Lipinski definition) is 3. The van der Waals surface area contributed by atoms with Gasteiger partial charge in [0.1, 0.15) is 12.0 Å². The van der Waals surface area contributed by atoms with Gasteiger partial charge in [0.15, 0.2) is 0 Å². The second kappa shape index (κ2) is 6.45. The number of aldehydes is 1. The largest absolute Gasteiger partial charge is 0.508 e. The van der Waals surface area contributed by atoms with Crippen LogP contribution in [0.5, 0.6) is 5.75 Å². The van der Waals surface area contributed by atoms with Crippen LogP contribution >= 0.6 is 0 Å². The normalized spacial score (nSPS) is 12.4. The van der Waals surface area contributed by atoms with Crippen LogP contribution < -0.4 is 5.32 Å². The van der Waals surface area contributed by atoms with Gasteiger partial charge in [0.2, 0.25) is 0 Å². The van der Waals surface area contributed by atoms with Crippen molar-refractivity contribution in [3.8, 4) is 5.75 Å². The van der Waals surface area contributed by atoms with Crippen LogP contribution in [0.15, 0.2) is 54.7 Å². The lowest BCUT2D eigenvalue weighted by molar-refractivity contribution is -0.109. The summed E-state index contributed by atoms with van der Waals surface area (Å²) in [5.41, 5.74) is 2.97. The molecule has 0 spiro atoms. The molecule has 0 saturated heterocycles. The molecule has 0 bridgehead atoms. The third kappa shape index (κ3) is 3.02. The van der Waals surface area contributed by atoms with Gasteiger partial charge >= 0.3 is 0 Å². The minimum atomic E-state index is -0.293. The second-order valence-electron chi connectivity index (χ2n) is 5.32. The van der Waals surface area contributed by atoms with Crippen molar-refractivity contribution < 1.29 is 9.90 Å². The number of phenols is 1. The minimum absolute atomic E-state index is 0.242. The van der Waals surface area contributed by atoms with Crippen molar-refractivity contribution in [1.82, 2.24) is 10.3 Å². The average Bonchev–Trinajstić information content (AvgIpc) is 2.96. The van der Waals surface area contributed by atoms with E-state index in [1.54, 1.807) is 12.1 Å². The second-order valence-corrected chi connectivity index (χ2v) is 5.32. The lowest BCUT2D eigenvalue weighted by Crippen LogP contribution is -2.32. The lowest BCUT2D eigenvalue weighted by atomic mass is 10.1. The van der Waals surface area contributed by atoms with Gasteiger partial charge in [-0.25, -0.2) is 0 Å². The summed E-state index contributed by atoms with van der Waals surface area (Å²) >= 11 is 0. The molecule has 3 aromatic rings. The Bertz CT molecular complexity index is 779. The molecule has 4 heteroatoms. The van der Waals surface area contributed by atoms with Gasteiger partial charge in [-0.05, 0) is 24.1 Å². The first-order valence-corrected chi connectivity index (χ1v) is 7.28. The molecule has 0 aliphatic heterocycles. The summed E-state index contributed by atoms with van der Waals surface area (Å²) in [6.07, 6.45) is 3.48. The van der Waals surface area contributed by atoms with Crippen LogP contribution in [-0.4, -0.2) is 22.4 Å². The predicted molar refractivity (Wildman–Crippen MR) is 86.8 cm³/mol. The SMILES string of the molecule is O=CC(Cc1c[nH]c2ccccc12)NCc1ccccc1O. The molecule has 2 aromatic carbocycles. The first-order valence-electron chi connectivity index (χ1n) is 7.28. The standard InChI is InChI=1S/C18H18N2O2/c21-12-15(19-10-13-5-1-4-8-18(13)22)9-14-11-20-17-7-3-2-6-16(14)17/h1-8,11-12,15,19-20,22H,9-10H2. The molecule has 0 radical (unpaired) electrons. The van der Waals surface area contributed by atoms with Crippen LogP contribution in [0.2, 0.25) is 0 Å². The fourth-order valence-corrected chi connectivity index (χ4v) is 2.61. The highest BCUT2D eigenvalue weighted by Crippen LogP contribution is 2.19. The van der Waals surface area contributed by atoms with Gasteiger partial charge in [-0.3, -0.25) is 0 Å². The topological polar surface area (TPSA) is 65.1 Å². The van der Waals surface area contributed by atoms with E-state index >= 15 is 0 Å². The van der Waals surface area contributed by atoms with Crippen molar-refractivity contribution in [2.24, 2.45) is 0 Å². The number of carbonyl (C=O) groups excluding carboxylic acids is 1. The van der Waals surface area contributed by atoms with Crippen LogP contribution in [-0.2, 0) is 17.8 Å². The summed E-state index contributed by atoms with van der Waals surface area (Å²) in [6, 6.07) is 14.9. The molecule has 0 saturated carbocycles. The van der Waals surface area contributed by atoms with Crippen molar-refractivity contribution in [2.75, 3.05) is 0 Å². The van der Waals surface area contributed by atoms with Crippen molar-refractivity contribution in [1.29, 1.82) is 0 Å². The molecule has 1 unspecified atom stereocenters. The molecule has 1 aromatic heterocycles. The summed E-state index contributed by atoms with van der Waals surface area (Å²) in [5, 5.41) is 14.1. The number of carbonyl (C=O) groups is 1. The van der Waals surface area contributed by atoms with Gasteiger partial charge in [0, 0.05) is 29.2 Å². The third-order valence-electron chi connectivity index (χ3n) is 3.83. The number of benzene rings is 2. The lowest BCUT2D eigenvalue weighted by Gasteiger charge is -2.13. The van der Waals surface area contributed by atoms with E-state index in [0.717, 1.165) is 28.3 Å². The maximum atomic E-state index is 11.3. The summed E-state index contributed by atoms with van der Waals surface area (Å²) in [5.74, 6) is 0.242. The fraction of sp³-hybridized carbons (Fsp3) is 0.167. The van der Waals surface area contributed by atoms with Crippen LogP contribution in [0.3, 0.4) is 0 Å². The number of fused-ring (bicyclic) bond motifs is 1. The van der Waals surface area contributed by atoms with Crippen LogP contribution in [0.25, 0.3) is 10.9 Å². The van der Waals surface area contributed by atoms with E-state index in [-0.39, 0.29) is 11.8 Å². The third-order valence-corrected chi connectivity index (χ3v) is 3.83. The number of para-hydroxylation sites is 2. The smallest absolute Gasteiger partial charge is 0.137 e. The van der Waals surface area contributed by atoms with Crippen molar-refractivity contribution in [2.45, 2.75) is 19.0 Å². The molecule has 0 aliphatic rings. The highest BCUT2D eigenvalue weighted by atomic mass is 16.3. The van der Waals surface area contributed by atoms with Crippen molar-refractivity contribution in [3.63, 3.8) is 0 Å². The molecule has 1 atom stereocenters. The maximum Gasteiger partial charge on any atom is 0.137 e. The van der Waals surface area contributed by atoms with Crippen LogP contribution in [0.4, 0.5) is 0 Å². The zero-order valence-electron chi connectivity index (χ0n) is 12.1. The zero-order valence-corrected chi connectivity index (χ0v) is 12.1. The van der Waals surface area contributed by atoms with E-state index in [1.165, 1.54) is 0 Å². The van der Waals surface area contributed by atoms with E-state index in [1.807, 2.05) is 42.6 Å². The number of aromatic amines is 1. The van der Waals surface area contributed by atoms with E-state index < -0.39 is 0 Å². The molecule has 3 N–H and O–H groups in total. The average molecular weight is 294 g/mol. The molecule has 22 heavy (non-hydrogen) atoms. The Labute approximate surface area is 128 Å². The molecule has 3 rings (SSSR count). The van der Waals surface area contributed by atoms with Crippen LogP contribution in [0, 0.1) is 0 Å². The van der Waals surface area contributed by atoms with E-state index in [0.29, 0.717) is 13.0 Å². The first-order chi connectivity index (χ1) is 10.8. The zero-order chi connectivity index (χ0) is 15.4. The van der Waals surface area contributed by atoms with E-state index in [9.17, 15) is 9.90 Å². The predicted octanol–water partition coefficient (Wildman–Crippen LogP) is 2.77. The number of aromatic hydroxyl groups is 1. The summed E-state index contributed by atoms with van der Waals surface area (Å²) in [6.45, 7) is 0.457. The number of nitrogens with one attached hydrogen (secondary N) is 2. The quantitative estimate of drug-likeness (QED) is 0.612.